The summed E-state index contributed by atoms with van der Waals surface area (Å²) in [5.41, 5.74) is 5.41. The number of halogens is 2. The van der Waals surface area contributed by atoms with Crippen molar-refractivity contribution in [2.45, 2.75) is 26.7 Å². The molecule has 3 heteroatoms. The second-order valence-corrected chi connectivity index (χ2v) is 4.03. The predicted octanol–water partition coefficient (Wildman–Crippen LogP) is -2.10. The molecular formula is C14H15Cl2Zr. The molecule has 0 spiro atoms. The summed E-state index contributed by atoms with van der Waals surface area (Å²) in [4.78, 5) is 0. The van der Waals surface area contributed by atoms with Gasteiger partial charge in [0.05, 0.1) is 0 Å². The van der Waals surface area contributed by atoms with Gasteiger partial charge in [0.1, 0.15) is 0 Å². The fourth-order valence-electron chi connectivity index (χ4n) is 1.70. The van der Waals surface area contributed by atoms with E-state index in [1.807, 2.05) is 0 Å². The average Bonchev–Trinajstić information content (AvgIpc) is 2.75. The molecule has 0 aliphatic heterocycles. The van der Waals surface area contributed by atoms with Crippen molar-refractivity contribution in [1.29, 1.82) is 0 Å². The zero-order chi connectivity index (χ0) is 9.97. The first-order valence-electron chi connectivity index (χ1n) is 5.08. The van der Waals surface area contributed by atoms with Gasteiger partial charge in [-0.2, -0.15) is 17.7 Å². The van der Waals surface area contributed by atoms with E-state index < -0.39 is 0 Å². The Morgan fingerprint density at radius 1 is 1.24 bits per heavy atom. The Labute approximate surface area is 136 Å². The zero-order valence-electron chi connectivity index (χ0n) is 10.1. The van der Waals surface area contributed by atoms with Crippen LogP contribution in [0.1, 0.15) is 26.7 Å². The van der Waals surface area contributed by atoms with E-state index in [9.17, 15) is 0 Å². The summed E-state index contributed by atoms with van der Waals surface area (Å²) in [5.74, 6) is 0. The molecule has 0 aromatic rings. The van der Waals surface area contributed by atoms with Crippen LogP contribution in [-0.2, 0) is 26.2 Å². The van der Waals surface area contributed by atoms with E-state index in [1.54, 1.807) is 0 Å². The van der Waals surface area contributed by atoms with E-state index >= 15 is 0 Å². The average molecular weight is 345 g/mol. The van der Waals surface area contributed by atoms with Crippen LogP contribution in [-0.4, -0.2) is 0 Å². The van der Waals surface area contributed by atoms with Gasteiger partial charge in [0.15, 0.2) is 0 Å². The molecule has 0 atom stereocenters. The summed E-state index contributed by atoms with van der Waals surface area (Å²) >= 11 is 0. The van der Waals surface area contributed by atoms with Gasteiger partial charge in [-0.1, -0.05) is 37.6 Å². The molecule has 0 saturated carbocycles. The van der Waals surface area contributed by atoms with Crippen LogP contribution in [0.3, 0.4) is 0 Å². The first kappa shape index (κ1) is 19.5. The first-order chi connectivity index (χ1) is 6.75. The molecule has 0 fully saturated rings. The number of hydrogen-bond donors (Lipinski definition) is 0. The Hall–Kier alpha value is 0.163. The third-order valence-corrected chi connectivity index (χ3v) is 2.55. The minimum absolute atomic E-state index is 0. The fraction of sp³-hybridized carbons (Fsp3) is 0.286. The molecule has 0 aromatic carbocycles. The summed E-state index contributed by atoms with van der Waals surface area (Å²) in [6.07, 6.45) is 16.5. The molecule has 0 amide bonds. The van der Waals surface area contributed by atoms with Crippen molar-refractivity contribution >= 4 is 0 Å². The van der Waals surface area contributed by atoms with Crippen molar-refractivity contribution in [2.75, 3.05) is 0 Å². The zero-order valence-corrected chi connectivity index (χ0v) is 14.0. The minimum atomic E-state index is 0. The topological polar surface area (TPSA) is 0 Å². The van der Waals surface area contributed by atoms with Gasteiger partial charge in [-0.05, 0) is 12.8 Å². The summed E-state index contributed by atoms with van der Waals surface area (Å²) in [7, 11) is 0. The normalized spacial score (nSPS) is 15.5. The van der Waals surface area contributed by atoms with Gasteiger partial charge >= 0.3 is 26.2 Å². The van der Waals surface area contributed by atoms with Crippen molar-refractivity contribution in [3.63, 3.8) is 0 Å². The standard InChI is InChI=1S/C14H15.2ClH.Zr/c1-11(2)14-8-7-13(10-14)9-12-5-3-4-6-12;;;/h3-5,7-8H,6,9H2,1-2H3;2*1H;/q-1;;;+3/p-2. The Morgan fingerprint density at radius 3 is 2.41 bits per heavy atom. The Kier molecular flexibility index (Phi) is 10.5. The van der Waals surface area contributed by atoms with Crippen LogP contribution in [0.5, 0.6) is 0 Å². The second kappa shape index (κ2) is 9.14. The first-order valence-corrected chi connectivity index (χ1v) is 5.08. The Balaban J connectivity index is 0. The van der Waals surface area contributed by atoms with Gasteiger partial charge in [0.25, 0.3) is 0 Å². The van der Waals surface area contributed by atoms with Gasteiger partial charge < -0.3 is 24.8 Å². The van der Waals surface area contributed by atoms with Crippen molar-refractivity contribution in [2.24, 2.45) is 0 Å². The molecular weight excluding hydrogens is 330 g/mol. The SMILES string of the molecule is CC(C)=C1[C-]=C(CC2=CC=CC2)C=C1.[Cl-].[Cl-].[Zr+3]. The molecule has 2 aliphatic rings. The van der Waals surface area contributed by atoms with Crippen molar-refractivity contribution in [3.05, 3.63) is 58.7 Å². The molecule has 0 heterocycles. The summed E-state index contributed by atoms with van der Waals surface area (Å²) in [6.45, 7) is 4.26. The van der Waals surface area contributed by atoms with Crippen LogP contribution >= 0.6 is 0 Å². The van der Waals surface area contributed by atoms with Crippen LogP contribution in [0, 0.1) is 6.08 Å². The number of hydrogen-bond acceptors (Lipinski definition) is 0. The third-order valence-electron chi connectivity index (χ3n) is 2.55. The van der Waals surface area contributed by atoms with E-state index in [0.717, 1.165) is 12.8 Å². The molecule has 1 radical (unpaired) electrons. The smallest absolute Gasteiger partial charge is 1.00 e. The van der Waals surface area contributed by atoms with E-state index in [0.29, 0.717) is 0 Å². The van der Waals surface area contributed by atoms with E-state index in [2.05, 4.69) is 50.3 Å². The largest absolute Gasteiger partial charge is 3.00 e. The summed E-state index contributed by atoms with van der Waals surface area (Å²) < 4.78 is 0. The molecule has 0 bridgehead atoms. The molecule has 2 rings (SSSR count). The molecule has 17 heavy (non-hydrogen) atoms. The van der Waals surface area contributed by atoms with Crippen LogP contribution in [0.15, 0.2) is 52.7 Å². The Morgan fingerprint density at radius 2 is 1.94 bits per heavy atom. The molecule has 0 saturated heterocycles. The number of rotatable bonds is 2. The summed E-state index contributed by atoms with van der Waals surface area (Å²) in [6, 6.07) is 0. The number of allylic oxidation sites excluding steroid dienone is 10. The van der Waals surface area contributed by atoms with Crippen LogP contribution in [0.25, 0.3) is 0 Å². The van der Waals surface area contributed by atoms with Crippen LogP contribution < -0.4 is 24.8 Å². The van der Waals surface area contributed by atoms with Gasteiger partial charge in [0.2, 0.25) is 0 Å². The van der Waals surface area contributed by atoms with Gasteiger partial charge in [0, 0.05) is 0 Å². The summed E-state index contributed by atoms with van der Waals surface area (Å²) in [5, 5.41) is 0. The maximum Gasteiger partial charge on any atom is 3.00 e. The minimum Gasteiger partial charge on any atom is -1.00 e. The van der Waals surface area contributed by atoms with Gasteiger partial charge in [-0.3, -0.25) is 0 Å². The van der Waals surface area contributed by atoms with Crippen LogP contribution in [0.2, 0.25) is 0 Å². The molecule has 2 aliphatic carbocycles. The molecule has 0 aromatic heterocycles. The molecule has 89 valence electrons. The second-order valence-electron chi connectivity index (χ2n) is 4.03. The van der Waals surface area contributed by atoms with E-state index in [4.69, 9.17) is 0 Å². The molecule has 0 unspecified atom stereocenters. The van der Waals surface area contributed by atoms with Gasteiger partial charge in [-0.25, -0.2) is 0 Å². The monoisotopic (exact) mass is 343 g/mol. The molecule has 0 nitrogen and oxygen atoms in total. The van der Waals surface area contributed by atoms with Crippen molar-refractivity contribution in [3.8, 4) is 0 Å². The van der Waals surface area contributed by atoms with E-state index in [1.165, 1.54) is 22.3 Å². The van der Waals surface area contributed by atoms with Crippen molar-refractivity contribution < 1.29 is 51.0 Å². The van der Waals surface area contributed by atoms with Gasteiger partial charge in [-0.15, -0.1) is 17.2 Å². The quantitative estimate of drug-likeness (QED) is 0.504. The van der Waals surface area contributed by atoms with Crippen molar-refractivity contribution in [1.82, 2.24) is 0 Å². The predicted molar refractivity (Wildman–Crippen MR) is 60.7 cm³/mol. The maximum atomic E-state index is 3.43. The third kappa shape index (κ3) is 5.55. The van der Waals surface area contributed by atoms with E-state index in [-0.39, 0.29) is 51.0 Å². The Bertz CT molecular complexity index is 394. The van der Waals surface area contributed by atoms with Crippen LogP contribution in [0.4, 0.5) is 0 Å². The molecule has 0 N–H and O–H groups in total. The fourth-order valence-corrected chi connectivity index (χ4v) is 1.70. The maximum absolute atomic E-state index is 3.43.